The molecule has 0 aliphatic heterocycles. The van der Waals surface area contributed by atoms with Crippen molar-refractivity contribution in [2.24, 2.45) is 0 Å². The lowest BCUT2D eigenvalue weighted by Crippen LogP contribution is -2.04. The van der Waals surface area contributed by atoms with Crippen molar-refractivity contribution in [2.45, 2.75) is 26.7 Å². The number of H-pyrrole nitrogens is 1. The first-order valence-electron chi connectivity index (χ1n) is 7.49. The van der Waals surface area contributed by atoms with Crippen molar-refractivity contribution in [2.75, 3.05) is 11.9 Å². The predicted octanol–water partition coefficient (Wildman–Crippen LogP) is 4.61. The van der Waals surface area contributed by atoms with Crippen LogP contribution in [0, 0.1) is 0 Å². The summed E-state index contributed by atoms with van der Waals surface area (Å²) in [6, 6.07) is 0. The zero-order valence-electron chi connectivity index (χ0n) is 12.9. The highest BCUT2D eigenvalue weighted by atomic mass is 19.1. The van der Waals surface area contributed by atoms with E-state index in [1.807, 2.05) is 12.3 Å². The average Bonchev–Trinajstić information content (AvgIpc) is 2.90. The normalized spacial score (nSPS) is 12.8. The van der Waals surface area contributed by atoms with E-state index in [-0.39, 0.29) is 5.83 Å². The number of aromatic amines is 1. The number of rotatable bonds is 7. The monoisotopic (exact) mass is 300 g/mol. The maximum absolute atomic E-state index is 13.2. The fourth-order valence-corrected chi connectivity index (χ4v) is 1.99. The van der Waals surface area contributed by atoms with E-state index in [0.717, 1.165) is 36.0 Å². The number of hydrogen-bond acceptors (Lipinski definition) is 3. The summed E-state index contributed by atoms with van der Waals surface area (Å²) >= 11 is 0. The molecule has 0 bridgehead atoms. The second kappa shape index (κ2) is 8.12. The van der Waals surface area contributed by atoms with Crippen molar-refractivity contribution in [1.29, 1.82) is 0 Å². The summed E-state index contributed by atoms with van der Waals surface area (Å²) in [6.45, 7) is 4.79. The first-order valence-corrected chi connectivity index (χ1v) is 7.49. The van der Waals surface area contributed by atoms with Gasteiger partial charge in [0.25, 0.3) is 0 Å². The SMILES string of the molecule is C\C=C/C(F)=C\C=C\c1c[nH]c2nc(NCCCC)ncc12. The van der Waals surface area contributed by atoms with Crippen molar-refractivity contribution >= 4 is 23.1 Å². The molecule has 2 aromatic heterocycles. The van der Waals surface area contributed by atoms with Gasteiger partial charge in [-0.3, -0.25) is 0 Å². The molecule has 2 rings (SSSR count). The van der Waals surface area contributed by atoms with Gasteiger partial charge in [0, 0.05) is 29.9 Å². The number of halogens is 1. The van der Waals surface area contributed by atoms with Gasteiger partial charge in [-0.2, -0.15) is 4.98 Å². The van der Waals surface area contributed by atoms with Crippen molar-refractivity contribution in [1.82, 2.24) is 15.0 Å². The van der Waals surface area contributed by atoms with E-state index >= 15 is 0 Å². The van der Waals surface area contributed by atoms with Gasteiger partial charge in [0.05, 0.1) is 0 Å². The van der Waals surface area contributed by atoms with Crippen LogP contribution in [0.2, 0.25) is 0 Å². The highest BCUT2D eigenvalue weighted by molar-refractivity contribution is 5.86. The van der Waals surface area contributed by atoms with Crippen LogP contribution in [0.5, 0.6) is 0 Å². The van der Waals surface area contributed by atoms with E-state index in [0.29, 0.717) is 5.95 Å². The maximum Gasteiger partial charge on any atom is 0.224 e. The molecule has 4 nitrogen and oxygen atoms in total. The van der Waals surface area contributed by atoms with Crippen molar-refractivity contribution in [3.05, 3.63) is 48.1 Å². The predicted molar refractivity (Wildman–Crippen MR) is 90.3 cm³/mol. The van der Waals surface area contributed by atoms with Crippen LogP contribution < -0.4 is 5.32 Å². The van der Waals surface area contributed by atoms with Gasteiger partial charge in [0.15, 0.2) is 0 Å². The Morgan fingerprint density at radius 3 is 3.09 bits per heavy atom. The minimum Gasteiger partial charge on any atom is -0.354 e. The van der Waals surface area contributed by atoms with Gasteiger partial charge < -0.3 is 10.3 Å². The molecule has 0 amide bonds. The van der Waals surface area contributed by atoms with Gasteiger partial charge in [-0.15, -0.1) is 0 Å². The molecule has 0 saturated carbocycles. The first-order chi connectivity index (χ1) is 10.7. The molecule has 0 aliphatic rings. The highest BCUT2D eigenvalue weighted by Gasteiger charge is 2.04. The second-order valence-corrected chi connectivity index (χ2v) is 4.89. The Morgan fingerprint density at radius 1 is 1.45 bits per heavy atom. The Bertz CT molecular complexity index is 698. The van der Waals surface area contributed by atoms with Gasteiger partial charge >= 0.3 is 0 Å². The van der Waals surface area contributed by atoms with Crippen LogP contribution in [0.4, 0.5) is 10.3 Å². The molecule has 0 unspecified atom stereocenters. The molecule has 0 spiro atoms. The first kappa shape index (κ1) is 15.9. The lowest BCUT2D eigenvalue weighted by atomic mass is 10.2. The van der Waals surface area contributed by atoms with Gasteiger partial charge in [-0.05, 0) is 25.5 Å². The smallest absolute Gasteiger partial charge is 0.224 e. The summed E-state index contributed by atoms with van der Waals surface area (Å²) in [7, 11) is 0. The van der Waals surface area contributed by atoms with Crippen molar-refractivity contribution in [3.8, 4) is 0 Å². The standard InChI is InChI=1S/C17H21FN4/c1-3-5-10-19-17-21-12-15-13(11-20-16(15)22-17)8-6-9-14(18)7-4-2/h4,6-9,11-12H,3,5,10H2,1-2H3,(H2,19,20,21,22)/b7-4-,8-6+,14-9+. The Hall–Kier alpha value is -2.43. The number of aromatic nitrogens is 3. The molecule has 5 heteroatoms. The van der Waals surface area contributed by atoms with Gasteiger partial charge in [-0.25, -0.2) is 9.37 Å². The molecule has 0 saturated heterocycles. The van der Waals surface area contributed by atoms with E-state index in [1.165, 1.54) is 12.2 Å². The molecule has 116 valence electrons. The number of unbranched alkanes of at least 4 members (excludes halogenated alkanes) is 1. The molecular weight excluding hydrogens is 279 g/mol. The van der Waals surface area contributed by atoms with Crippen molar-refractivity contribution < 1.29 is 4.39 Å². The number of nitrogens with zero attached hydrogens (tertiary/aromatic N) is 2. The fourth-order valence-electron chi connectivity index (χ4n) is 1.99. The molecule has 0 atom stereocenters. The minimum atomic E-state index is -0.280. The molecule has 2 N–H and O–H groups in total. The van der Waals surface area contributed by atoms with Gasteiger partial charge in [0.1, 0.15) is 11.5 Å². The van der Waals surface area contributed by atoms with E-state index < -0.39 is 0 Å². The van der Waals surface area contributed by atoms with Gasteiger partial charge in [0.2, 0.25) is 5.95 Å². The Morgan fingerprint density at radius 2 is 2.32 bits per heavy atom. The third-order valence-electron chi connectivity index (χ3n) is 3.13. The van der Waals surface area contributed by atoms with Crippen LogP contribution in [0.1, 0.15) is 32.3 Å². The summed E-state index contributed by atoms with van der Waals surface area (Å²) in [4.78, 5) is 11.8. The van der Waals surface area contributed by atoms with E-state index in [4.69, 9.17) is 0 Å². The molecule has 22 heavy (non-hydrogen) atoms. The van der Waals surface area contributed by atoms with E-state index in [1.54, 1.807) is 25.3 Å². The zero-order chi connectivity index (χ0) is 15.8. The molecular formula is C17H21FN4. The van der Waals surface area contributed by atoms with Crippen LogP contribution in [-0.2, 0) is 0 Å². The fraction of sp³-hybridized carbons (Fsp3) is 0.294. The van der Waals surface area contributed by atoms with Crippen LogP contribution >= 0.6 is 0 Å². The summed E-state index contributed by atoms with van der Waals surface area (Å²) < 4.78 is 13.2. The van der Waals surface area contributed by atoms with Gasteiger partial charge in [-0.1, -0.05) is 31.6 Å². The third kappa shape index (κ3) is 4.28. The summed E-state index contributed by atoms with van der Waals surface area (Å²) in [5, 5.41) is 4.11. The van der Waals surface area contributed by atoms with Crippen molar-refractivity contribution in [3.63, 3.8) is 0 Å². The van der Waals surface area contributed by atoms with E-state index in [9.17, 15) is 4.39 Å². The van der Waals surface area contributed by atoms with Crippen LogP contribution in [0.15, 0.2) is 42.5 Å². The number of fused-ring (bicyclic) bond motifs is 1. The molecule has 2 aromatic rings. The van der Waals surface area contributed by atoms with Crippen LogP contribution in [0.3, 0.4) is 0 Å². The second-order valence-electron chi connectivity index (χ2n) is 4.89. The van der Waals surface area contributed by atoms with Crippen LogP contribution in [-0.4, -0.2) is 21.5 Å². The largest absolute Gasteiger partial charge is 0.354 e. The molecule has 0 fully saturated rings. The Balaban J connectivity index is 2.13. The molecule has 2 heterocycles. The highest BCUT2D eigenvalue weighted by Crippen LogP contribution is 2.18. The van der Waals surface area contributed by atoms with E-state index in [2.05, 4.69) is 27.2 Å². The number of anilines is 1. The number of allylic oxidation sites excluding steroid dienone is 5. The minimum absolute atomic E-state index is 0.280. The molecule has 0 aliphatic carbocycles. The number of nitrogens with one attached hydrogen (secondary N) is 2. The number of hydrogen-bond donors (Lipinski definition) is 2. The van der Waals surface area contributed by atoms with Crippen LogP contribution in [0.25, 0.3) is 17.1 Å². The molecule has 0 radical (unpaired) electrons. The third-order valence-corrected chi connectivity index (χ3v) is 3.13. The summed E-state index contributed by atoms with van der Waals surface area (Å²) in [5.74, 6) is 0.342. The summed E-state index contributed by atoms with van der Waals surface area (Å²) in [6.07, 6.45) is 13.8. The quantitative estimate of drug-likeness (QED) is 0.580. The molecule has 0 aromatic carbocycles. The lowest BCUT2D eigenvalue weighted by Gasteiger charge is -2.02. The zero-order valence-corrected chi connectivity index (χ0v) is 12.9. The lowest BCUT2D eigenvalue weighted by molar-refractivity contribution is 0.667. The summed E-state index contributed by atoms with van der Waals surface area (Å²) in [5.41, 5.74) is 1.70. The Kier molecular flexibility index (Phi) is 5.89. The maximum atomic E-state index is 13.2. The Labute approximate surface area is 129 Å². The average molecular weight is 300 g/mol. The topological polar surface area (TPSA) is 53.6 Å².